The summed E-state index contributed by atoms with van der Waals surface area (Å²) in [5.41, 5.74) is -6.80. The van der Waals surface area contributed by atoms with Crippen molar-refractivity contribution >= 4 is 11.6 Å². The van der Waals surface area contributed by atoms with Crippen LogP contribution in [0.3, 0.4) is 0 Å². The lowest BCUT2D eigenvalue weighted by Gasteiger charge is -2.51. The van der Waals surface area contributed by atoms with Gasteiger partial charge in [0.2, 0.25) is 11.6 Å². The molecule has 8 atom stereocenters. The molecular weight excluding hydrogens is 588 g/mol. The van der Waals surface area contributed by atoms with Gasteiger partial charge in [-0.05, 0) is 19.9 Å². The fourth-order valence-corrected chi connectivity index (χ4v) is 6.43. The quantitative estimate of drug-likeness (QED) is 0.138. The average molecular weight is 623 g/mol. The minimum atomic E-state index is -3.42. The van der Waals surface area contributed by atoms with Gasteiger partial charge in [-0.3, -0.25) is 9.59 Å². The molecule has 1 saturated heterocycles. The minimum absolute atomic E-state index is 0.00201. The number of ether oxygens (including phenoxy) is 6. The normalized spacial score (nSPS) is 32.5. The van der Waals surface area contributed by atoms with Crippen LogP contribution in [-0.4, -0.2) is 118 Å². The van der Waals surface area contributed by atoms with Gasteiger partial charge in [-0.15, -0.1) is 0 Å². The van der Waals surface area contributed by atoms with E-state index in [1.54, 1.807) is 6.92 Å². The van der Waals surface area contributed by atoms with Gasteiger partial charge < -0.3 is 64.2 Å². The fourth-order valence-electron chi connectivity index (χ4n) is 6.43. The van der Waals surface area contributed by atoms with Crippen LogP contribution in [0, 0.1) is 0 Å². The molecule has 1 fully saturated rings. The van der Waals surface area contributed by atoms with Crippen molar-refractivity contribution in [2.24, 2.45) is 0 Å². The highest BCUT2D eigenvalue weighted by atomic mass is 16.7. The van der Waals surface area contributed by atoms with Crippen molar-refractivity contribution in [3.8, 4) is 23.0 Å². The molecule has 0 bridgehead atoms. The van der Waals surface area contributed by atoms with Crippen molar-refractivity contribution in [3.05, 3.63) is 45.5 Å². The molecule has 0 radical (unpaired) electrons. The number of aromatic hydroxyl groups is 3. The third-order valence-electron chi connectivity index (χ3n) is 8.74. The van der Waals surface area contributed by atoms with E-state index < -0.39 is 116 Å². The van der Waals surface area contributed by atoms with Crippen LogP contribution in [-0.2, 0) is 29.5 Å². The van der Waals surface area contributed by atoms with E-state index in [2.05, 4.69) is 0 Å². The van der Waals surface area contributed by atoms with Crippen LogP contribution in [0.25, 0.3) is 0 Å². The van der Waals surface area contributed by atoms with Crippen molar-refractivity contribution in [1.82, 2.24) is 0 Å². The zero-order chi connectivity index (χ0) is 32.6. The first kappa shape index (κ1) is 32.0. The summed E-state index contributed by atoms with van der Waals surface area (Å²) in [4.78, 5) is 27.5. The van der Waals surface area contributed by atoms with Gasteiger partial charge in [0.15, 0.2) is 12.1 Å². The third-order valence-corrected chi connectivity index (χ3v) is 8.74. The van der Waals surface area contributed by atoms with Gasteiger partial charge in [-0.1, -0.05) is 0 Å². The maximum Gasteiger partial charge on any atom is 0.226 e. The maximum absolute atomic E-state index is 13.8. The molecule has 2 aliphatic carbocycles. The first-order valence-electron chi connectivity index (χ1n) is 13.5. The Morgan fingerprint density at radius 3 is 2.02 bits per heavy atom. The molecule has 0 amide bonds. The summed E-state index contributed by atoms with van der Waals surface area (Å²) >= 11 is 0. The van der Waals surface area contributed by atoms with Crippen molar-refractivity contribution in [3.63, 3.8) is 0 Å². The number of aliphatic hydroxyl groups is 4. The molecule has 1 heterocycles. The summed E-state index contributed by atoms with van der Waals surface area (Å²) in [5.74, 6) is -8.42. The average Bonchev–Trinajstić information content (AvgIpc) is 2.95. The lowest BCUT2D eigenvalue weighted by molar-refractivity contribution is -0.357. The van der Waals surface area contributed by atoms with Crippen molar-refractivity contribution in [1.29, 1.82) is 0 Å². The summed E-state index contributed by atoms with van der Waals surface area (Å²) in [6.07, 6.45) is -9.15. The van der Waals surface area contributed by atoms with E-state index in [0.29, 0.717) is 0 Å². The number of ketones is 2. The Kier molecular flexibility index (Phi) is 7.94. The Hall–Kier alpha value is -3.38. The Bertz CT molecular complexity index is 1520. The summed E-state index contributed by atoms with van der Waals surface area (Å²) in [6.45, 7) is 2.53. The number of hydrogen-bond donors (Lipinski definition) is 7. The molecule has 2 aromatic rings. The van der Waals surface area contributed by atoms with Crippen LogP contribution < -0.4 is 4.74 Å². The number of aliphatic hydroxyl groups excluding tert-OH is 1. The van der Waals surface area contributed by atoms with Gasteiger partial charge >= 0.3 is 0 Å². The van der Waals surface area contributed by atoms with E-state index in [-0.39, 0.29) is 5.75 Å². The number of carbonyl (C=O) groups is 2. The number of phenols is 3. The highest BCUT2D eigenvalue weighted by Gasteiger charge is 2.64. The summed E-state index contributed by atoms with van der Waals surface area (Å²) < 4.78 is 33.2. The van der Waals surface area contributed by atoms with Gasteiger partial charge in [-0.25, -0.2) is 0 Å². The number of benzene rings is 2. The van der Waals surface area contributed by atoms with Gasteiger partial charge in [0.05, 0.1) is 35.5 Å². The van der Waals surface area contributed by atoms with Crippen LogP contribution in [0.15, 0.2) is 12.1 Å². The van der Waals surface area contributed by atoms with E-state index in [0.717, 1.165) is 26.2 Å². The fraction of sp³-hybridized carbons (Fsp3) is 0.517. The topological polar surface area (TPSA) is 231 Å². The predicted octanol–water partition coefficient (Wildman–Crippen LogP) is -0.302. The molecule has 240 valence electrons. The molecule has 15 heteroatoms. The van der Waals surface area contributed by atoms with Crippen LogP contribution in [0.5, 0.6) is 23.0 Å². The molecule has 44 heavy (non-hydrogen) atoms. The van der Waals surface area contributed by atoms with Crippen LogP contribution in [0.2, 0.25) is 0 Å². The summed E-state index contributed by atoms with van der Waals surface area (Å²) in [6, 6.07) is 2.21. The van der Waals surface area contributed by atoms with Crippen LogP contribution >= 0.6 is 0 Å². The number of phenolic OH excluding ortho intramolecular Hbond substituents is 3. The standard InChI is InChI=1S/C29H34O15/c1-9-23(40-4)22(35)25(41-5)27(43-9)44-24-16-17(29(37,38)28(2,36)26(24)42-6)21(34)14-15(20(16)33)19(32)13-11(18(14)31)7-10(39-3)8-12(13)30/h7-9,22-27,30,33-38H,1-6H3. The zero-order valence-corrected chi connectivity index (χ0v) is 24.6. The van der Waals surface area contributed by atoms with Crippen molar-refractivity contribution < 1.29 is 73.8 Å². The third kappa shape index (κ3) is 4.23. The number of methoxy groups -OCH3 is 4. The molecule has 0 aromatic heterocycles. The molecule has 0 spiro atoms. The maximum atomic E-state index is 13.8. The lowest BCUT2D eigenvalue weighted by Crippen LogP contribution is -2.65. The smallest absolute Gasteiger partial charge is 0.226 e. The second-order valence-corrected chi connectivity index (χ2v) is 11.1. The SMILES string of the molecule is COc1cc(O)c2c(c1)C(=O)c1c(O)c3c(c(O)c1C2=O)C(OC1OC(C)C(OC)C(O)C1OC)C(OC)C(C)(O)C3(O)O. The molecule has 7 N–H and O–H groups in total. The van der Waals surface area contributed by atoms with Gasteiger partial charge in [-0.2, -0.15) is 0 Å². The molecule has 2 aromatic carbocycles. The molecule has 15 nitrogen and oxygen atoms in total. The minimum Gasteiger partial charge on any atom is -0.507 e. The highest BCUT2D eigenvalue weighted by molar-refractivity contribution is 6.31. The molecule has 0 saturated carbocycles. The molecule has 3 aliphatic rings. The van der Waals surface area contributed by atoms with Gasteiger partial charge in [0, 0.05) is 38.5 Å². The number of fused-ring (bicyclic) bond motifs is 3. The second kappa shape index (κ2) is 10.9. The van der Waals surface area contributed by atoms with Crippen molar-refractivity contribution in [2.45, 2.75) is 68.1 Å². The second-order valence-electron chi connectivity index (χ2n) is 11.1. The molecule has 1 aliphatic heterocycles. The van der Waals surface area contributed by atoms with Crippen LogP contribution in [0.1, 0.15) is 62.9 Å². The zero-order valence-electron chi connectivity index (χ0n) is 24.6. The predicted molar refractivity (Wildman–Crippen MR) is 145 cm³/mol. The summed E-state index contributed by atoms with van der Waals surface area (Å²) in [7, 11) is 4.96. The first-order chi connectivity index (χ1) is 20.6. The Morgan fingerprint density at radius 1 is 0.841 bits per heavy atom. The summed E-state index contributed by atoms with van der Waals surface area (Å²) in [5, 5.41) is 78.8. The lowest BCUT2D eigenvalue weighted by atomic mass is 9.68. The van der Waals surface area contributed by atoms with Gasteiger partial charge in [0.25, 0.3) is 0 Å². The monoisotopic (exact) mass is 622 g/mol. The molecule has 5 rings (SSSR count). The van der Waals surface area contributed by atoms with Gasteiger partial charge in [0.1, 0.15) is 59.1 Å². The van der Waals surface area contributed by atoms with E-state index in [9.17, 15) is 45.3 Å². The highest BCUT2D eigenvalue weighted by Crippen LogP contribution is 2.57. The Balaban J connectivity index is 1.77. The van der Waals surface area contributed by atoms with Crippen molar-refractivity contribution in [2.75, 3.05) is 28.4 Å². The van der Waals surface area contributed by atoms with Crippen LogP contribution in [0.4, 0.5) is 0 Å². The van der Waals surface area contributed by atoms with E-state index in [1.807, 2.05) is 0 Å². The number of carbonyl (C=O) groups excluding carboxylic acids is 2. The molecular formula is C29H34O15. The van der Waals surface area contributed by atoms with E-state index in [4.69, 9.17) is 28.4 Å². The Labute approximate surface area is 250 Å². The largest absolute Gasteiger partial charge is 0.507 e. The van der Waals surface area contributed by atoms with E-state index in [1.165, 1.54) is 21.3 Å². The molecule has 8 unspecified atom stereocenters. The number of rotatable bonds is 6. The van der Waals surface area contributed by atoms with E-state index >= 15 is 0 Å². The Morgan fingerprint density at radius 2 is 1.45 bits per heavy atom. The number of hydrogen-bond acceptors (Lipinski definition) is 15. The first-order valence-corrected chi connectivity index (χ1v) is 13.5.